The summed E-state index contributed by atoms with van der Waals surface area (Å²) in [5, 5.41) is 11.7. The van der Waals surface area contributed by atoms with E-state index in [1.807, 2.05) is 0 Å². The smallest absolute Gasteiger partial charge is 0.165 e. The van der Waals surface area contributed by atoms with Crippen molar-refractivity contribution in [3.8, 4) is 5.75 Å². The fraction of sp³-hybridized carbons (Fsp3) is 0.500. The Morgan fingerprint density at radius 1 is 1.44 bits per heavy atom. The molecule has 2 N–H and O–H groups in total. The molecule has 0 amide bonds. The molecule has 1 aromatic rings. The molecule has 1 unspecified atom stereocenters. The summed E-state index contributed by atoms with van der Waals surface area (Å²) in [6.45, 7) is 0.786. The second kappa shape index (κ2) is 5.24. The van der Waals surface area contributed by atoms with E-state index in [-0.39, 0.29) is 16.8 Å². The maximum Gasteiger partial charge on any atom is 0.165 e. The molecule has 100 valence electrons. The van der Waals surface area contributed by atoms with E-state index in [0.717, 1.165) is 6.42 Å². The lowest BCUT2D eigenvalue weighted by Crippen LogP contribution is -2.30. The maximum absolute atomic E-state index is 13.1. The molecule has 0 spiro atoms. The number of halogens is 1. The Morgan fingerprint density at radius 2 is 2.22 bits per heavy atom. The van der Waals surface area contributed by atoms with Crippen LogP contribution in [-0.4, -0.2) is 31.1 Å². The molecule has 1 aromatic carbocycles. The fourth-order valence-corrected chi connectivity index (χ4v) is 3.93. The Labute approximate surface area is 106 Å². The molecule has 1 heterocycles. The largest absolute Gasteiger partial charge is 0.505 e. The third-order valence-corrected chi connectivity index (χ3v) is 5.45. The van der Waals surface area contributed by atoms with Gasteiger partial charge in [-0.2, -0.15) is 0 Å². The van der Waals surface area contributed by atoms with E-state index >= 15 is 0 Å². The molecule has 18 heavy (non-hydrogen) atoms. The standard InChI is InChI=1S/C12H16FNO3S/c13-11-6-9(3-4-12(11)15)7-14-8-10-2-1-5-18(10,16)17/h3-4,6,10,14-15H,1-2,5,7-8H2. The van der Waals surface area contributed by atoms with Crippen LogP contribution in [0.2, 0.25) is 0 Å². The average Bonchev–Trinajstić information content (AvgIpc) is 2.63. The van der Waals surface area contributed by atoms with Gasteiger partial charge in [0.1, 0.15) is 0 Å². The zero-order valence-corrected chi connectivity index (χ0v) is 10.7. The first-order valence-corrected chi connectivity index (χ1v) is 7.60. The van der Waals surface area contributed by atoms with Gasteiger partial charge < -0.3 is 10.4 Å². The van der Waals surface area contributed by atoms with E-state index in [1.165, 1.54) is 12.1 Å². The van der Waals surface area contributed by atoms with Gasteiger partial charge in [-0.1, -0.05) is 6.07 Å². The summed E-state index contributed by atoms with van der Waals surface area (Å²) in [5.74, 6) is -0.771. The summed E-state index contributed by atoms with van der Waals surface area (Å²) in [6, 6.07) is 4.14. The van der Waals surface area contributed by atoms with Crippen LogP contribution in [0.5, 0.6) is 5.75 Å². The van der Waals surface area contributed by atoms with Crippen LogP contribution in [-0.2, 0) is 16.4 Å². The van der Waals surface area contributed by atoms with Crippen molar-refractivity contribution in [3.63, 3.8) is 0 Å². The number of nitrogens with one attached hydrogen (secondary N) is 1. The van der Waals surface area contributed by atoms with Crippen LogP contribution in [0.1, 0.15) is 18.4 Å². The van der Waals surface area contributed by atoms with E-state index in [4.69, 9.17) is 5.11 Å². The van der Waals surface area contributed by atoms with Crippen molar-refractivity contribution >= 4 is 9.84 Å². The molecule has 4 nitrogen and oxygen atoms in total. The molecule has 6 heteroatoms. The number of hydrogen-bond acceptors (Lipinski definition) is 4. The van der Waals surface area contributed by atoms with Crippen LogP contribution in [0.25, 0.3) is 0 Å². The van der Waals surface area contributed by atoms with Crippen molar-refractivity contribution in [2.24, 2.45) is 0 Å². The lowest BCUT2D eigenvalue weighted by atomic mass is 10.2. The van der Waals surface area contributed by atoms with Crippen LogP contribution < -0.4 is 5.32 Å². The van der Waals surface area contributed by atoms with Crippen molar-refractivity contribution in [2.75, 3.05) is 12.3 Å². The summed E-state index contributed by atoms with van der Waals surface area (Å²) in [5.41, 5.74) is 0.681. The first-order chi connectivity index (χ1) is 8.49. The van der Waals surface area contributed by atoms with Crippen molar-refractivity contribution < 1.29 is 17.9 Å². The van der Waals surface area contributed by atoms with E-state index in [9.17, 15) is 12.8 Å². The number of phenolic OH excluding ortho intramolecular Hbond substituents is 1. The van der Waals surface area contributed by atoms with Crippen LogP contribution in [0.3, 0.4) is 0 Å². The molecule has 1 aliphatic rings. The highest BCUT2D eigenvalue weighted by Gasteiger charge is 2.30. The highest BCUT2D eigenvalue weighted by Crippen LogP contribution is 2.19. The Hall–Kier alpha value is -1.14. The maximum atomic E-state index is 13.1. The Bertz CT molecular complexity index is 530. The molecular weight excluding hydrogens is 257 g/mol. The molecule has 2 rings (SSSR count). The number of sulfone groups is 1. The van der Waals surface area contributed by atoms with E-state index < -0.39 is 15.7 Å². The van der Waals surface area contributed by atoms with Gasteiger partial charge in [0.2, 0.25) is 0 Å². The van der Waals surface area contributed by atoms with Crippen LogP contribution in [0.4, 0.5) is 4.39 Å². The normalized spacial score (nSPS) is 22.2. The minimum atomic E-state index is -2.93. The van der Waals surface area contributed by atoms with E-state index in [1.54, 1.807) is 6.07 Å². The Morgan fingerprint density at radius 3 is 2.83 bits per heavy atom. The summed E-state index contributed by atoms with van der Waals surface area (Å²) in [7, 11) is -2.93. The second-order valence-electron chi connectivity index (χ2n) is 4.55. The fourth-order valence-electron chi connectivity index (χ4n) is 2.13. The second-order valence-corrected chi connectivity index (χ2v) is 6.95. The minimum absolute atomic E-state index is 0.271. The van der Waals surface area contributed by atoms with Crippen molar-refractivity contribution in [2.45, 2.75) is 24.6 Å². The Kier molecular flexibility index (Phi) is 3.87. The number of benzene rings is 1. The van der Waals surface area contributed by atoms with Gasteiger partial charge in [-0.25, -0.2) is 12.8 Å². The zero-order chi connectivity index (χ0) is 13.2. The van der Waals surface area contributed by atoms with Gasteiger partial charge in [-0.15, -0.1) is 0 Å². The van der Waals surface area contributed by atoms with Gasteiger partial charge in [-0.05, 0) is 30.5 Å². The van der Waals surface area contributed by atoms with Crippen LogP contribution >= 0.6 is 0 Å². The van der Waals surface area contributed by atoms with Gasteiger partial charge in [0.25, 0.3) is 0 Å². The molecule has 0 aromatic heterocycles. The van der Waals surface area contributed by atoms with Gasteiger partial charge in [0.05, 0.1) is 11.0 Å². The molecule has 0 aliphatic carbocycles. The third-order valence-electron chi connectivity index (χ3n) is 3.18. The predicted molar refractivity (Wildman–Crippen MR) is 66.6 cm³/mol. The Balaban J connectivity index is 1.87. The molecule has 1 atom stereocenters. The number of rotatable bonds is 4. The molecule has 0 bridgehead atoms. The highest BCUT2D eigenvalue weighted by atomic mass is 32.2. The molecular formula is C12H16FNO3S. The minimum Gasteiger partial charge on any atom is -0.505 e. The average molecular weight is 273 g/mol. The van der Waals surface area contributed by atoms with Crippen LogP contribution in [0.15, 0.2) is 18.2 Å². The third kappa shape index (κ3) is 3.00. The zero-order valence-electron chi connectivity index (χ0n) is 9.89. The quantitative estimate of drug-likeness (QED) is 0.865. The van der Waals surface area contributed by atoms with Gasteiger partial charge >= 0.3 is 0 Å². The lowest BCUT2D eigenvalue weighted by molar-refractivity contribution is 0.431. The number of hydrogen-bond donors (Lipinski definition) is 2. The molecule has 0 saturated carbocycles. The molecule has 1 fully saturated rings. The summed E-state index contributed by atoms with van der Waals surface area (Å²) in [6.07, 6.45) is 1.42. The number of phenols is 1. The predicted octanol–water partition coefficient (Wildman–Crippen LogP) is 1.20. The monoisotopic (exact) mass is 273 g/mol. The topological polar surface area (TPSA) is 66.4 Å². The molecule has 1 saturated heterocycles. The first kappa shape index (κ1) is 13.3. The summed E-state index contributed by atoms with van der Waals surface area (Å²) < 4.78 is 36.2. The SMILES string of the molecule is O=S1(=O)CCCC1CNCc1ccc(O)c(F)c1. The van der Waals surface area contributed by atoms with Gasteiger partial charge in [0, 0.05) is 13.1 Å². The van der Waals surface area contributed by atoms with Crippen molar-refractivity contribution in [3.05, 3.63) is 29.6 Å². The molecule has 1 aliphatic heterocycles. The van der Waals surface area contributed by atoms with Crippen molar-refractivity contribution in [1.82, 2.24) is 5.32 Å². The van der Waals surface area contributed by atoms with Gasteiger partial charge in [-0.3, -0.25) is 0 Å². The lowest BCUT2D eigenvalue weighted by Gasteiger charge is -2.10. The van der Waals surface area contributed by atoms with Crippen molar-refractivity contribution in [1.29, 1.82) is 0 Å². The first-order valence-electron chi connectivity index (χ1n) is 5.89. The number of aromatic hydroxyl groups is 1. The summed E-state index contributed by atoms with van der Waals surface area (Å²) >= 11 is 0. The molecule has 0 radical (unpaired) electrons. The summed E-state index contributed by atoms with van der Waals surface area (Å²) in [4.78, 5) is 0. The van der Waals surface area contributed by atoms with E-state index in [0.29, 0.717) is 25.1 Å². The van der Waals surface area contributed by atoms with E-state index in [2.05, 4.69) is 5.32 Å². The highest BCUT2D eigenvalue weighted by molar-refractivity contribution is 7.92. The van der Waals surface area contributed by atoms with Gasteiger partial charge in [0.15, 0.2) is 21.4 Å². The van der Waals surface area contributed by atoms with Crippen LogP contribution in [0, 0.1) is 5.82 Å².